The van der Waals surface area contributed by atoms with E-state index in [0.29, 0.717) is 12.5 Å². The molecule has 2 fully saturated rings. The summed E-state index contributed by atoms with van der Waals surface area (Å²) in [6, 6.07) is 0. The molecule has 0 saturated heterocycles. The van der Waals surface area contributed by atoms with Gasteiger partial charge in [-0.25, -0.2) is 4.68 Å². The van der Waals surface area contributed by atoms with Crippen molar-refractivity contribution < 1.29 is 9.90 Å². The molecule has 2 saturated carbocycles. The lowest BCUT2D eigenvalue weighted by Crippen LogP contribution is -2.42. The van der Waals surface area contributed by atoms with E-state index >= 15 is 0 Å². The standard InChI is InChI=1S/C13H20N4O2/c18-12(19)13(7-4-8-13)9-17-11(14-15-16-17)10-5-2-1-3-6-10/h10H,1-9H2,(H,18,19). The maximum Gasteiger partial charge on any atom is 0.311 e. The maximum atomic E-state index is 11.4. The van der Waals surface area contributed by atoms with Crippen molar-refractivity contribution in [3.05, 3.63) is 5.82 Å². The first-order valence-corrected chi connectivity index (χ1v) is 7.21. The second-order valence-corrected chi connectivity index (χ2v) is 5.97. The third kappa shape index (κ3) is 2.24. The molecular weight excluding hydrogens is 244 g/mol. The first-order chi connectivity index (χ1) is 9.21. The Kier molecular flexibility index (Phi) is 3.24. The summed E-state index contributed by atoms with van der Waals surface area (Å²) in [5.74, 6) is 0.603. The van der Waals surface area contributed by atoms with Crippen LogP contribution in [0.5, 0.6) is 0 Å². The summed E-state index contributed by atoms with van der Waals surface area (Å²) in [7, 11) is 0. The van der Waals surface area contributed by atoms with Crippen LogP contribution in [-0.2, 0) is 11.3 Å². The molecule has 0 atom stereocenters. The van der Waals surface area contributed by atoms with E-state index in [9.17, 15) is 9.90 Å². The van der Waals surface area contributed by atoms with Crippen LogP contribution in [0.4, 0.5) is 0 Å². The number of carboxylic acid groups (broad SMARTS) is 1. The van der Waals surface area contributed by atoms with Crippen LogP contribution in [0.15, 0.2) is 0 Å². The monoisotopic (exact) mass is 264 g/mol. The number of tetrazole rings is 1. The van der Waals surface area contributed by atoms with Crippen molar-refractivity contribution in [1.29, 1.82) is 0 Å². The topological polar surface area (TPSA) is 80.9 Å². The van der Waals surface area contributed by atoms with Gasteiger partial charge in [-0.05, 0) is 36.1 Å². The van der Waals surface area contributed by atoms with Gasteiger partial charge in [0.05, 0.1) is 12.0 Å². The minimum atomic E-state index is -0.705. The van der Waals surface area contributed by atoms with E-state index in [1.54, 1.807) is 4.68 Å². The minimum Gasteiger partial charge on any atom is -0.481 e. The van der Waals surface area contributed by atoms with Gasteiger partial charge in [-0.2, -0.15) is 0 Å². The minimum absolute atomic E-state index is 0.412. The van der Waals surface area contributed by atoms with Crippen molar-refractivity contribution in [2.24, 2.45) is 5.41 Å². The maximum absolute atomic E-state index is 11.4. The number of nitrogens with zero attached hydrogens (tertiary/aromatic N) is 4. The molecular formula is C13H20N4O2. The lowest BCUT2D eigenvalue weighted by molar-refractivity contribution is -0.156. The molecule has 0 radical (unpaired) electrons. The van der Waals surface area contributed by atoms with Gasteiger partial charge in [0.2, 0.25) is 0 Å². The molecule has 6 nitrogen and oxygen atoms in total. The summed E-state index contributed by atoms with van der Waals surface area (Å²) < 4.78 is 1.75. The zero-order chi connectivity index (χ0) is 13.3. The van der Waals surface area contributed by atoms with E-state index in [1.165, 1.54) is 19.3 Å². The molecule has 1 aromatic heterocycles. The summed E-state index contributed by atoms with van der Waals surface area (Å²) in [6.45, 7) is 0.432. The first-order valence-electron chi connectivity index (χ1n) is 7.21. The highest BCUT2D eigenvalue weighted by atomic mass is 16.4. The Morgan fingerprint density at radius 2 is 2.00 bits per heavy atom. The quantitative estimate of drug-likeness (QED) is 0.899. The molecule has 1 aromatic rings. The number of aromatic nitrogens is 4. The van der Waals surface area contributed by atoms with E-state index in [2.05, 4.69) is 15.5 Å². The highest BCUT2D eigenvalue weighted by Gasteiger charge is 2.45. The van der Waals surface area contributed by atoms with Crippen molar-refractivity contribution in [3.8, 4) is 0 Å². The number of carbonyl (C=O) groups is 1. The molecule has 0 amide bonds. The number of aliphatic carboxylic acids is 1. The Morgan fingerprint density at radius 1 is 1.26 bits per heavy atom. The number of rotatable bonds is 4. The molecule has 0 aliphatic heterocycles. The molecule has 0 spiro atoms. The van der Waals surface area contributed by atoms with Gasteiger partial charge in [0.25, 0.3) is 0 Å². The molecule has 1 N–H and O–H groups in total. The van der Waals surface area contributed by atoms with Gasteiger partial charge in [-0.1, -0.05) is 25.7 Å². The van der Waals surface area contributed by atoms with Gasteiger partial charge in [0.15, 0.2) is 5.82 Å². The smallest absolute Gasteiger partial charge is 0.311 e. The van der Waals surface area contributed by atoms with Crippen molar-refractivity contribution in [2.45, 2.75) is 63.8 Å². The zero-order valence-electron chi connectivity index (χ0n) is 11.1. The van der Waals surface area contributed by atoms with Gasteiger partial charge in [-0.15, -0.1) is 5.10 Å². The molecule has 6 heteroatoms. The predicted molar refractivity (Wildman–Crippen MR) is 67.6 cm³/mol. The van der Waals surface area contributed by atoms with Crippen LogP contribution >= 0.6 is 0 Å². The summed E-state index contributed by atoms with van der Waals surface area (Å²) >= 11 is 0. The fourth-order valence-corrected chi connectivity index (χ4v) is 3.31. The van der Waals surface area contributed by atoms with Gasteiger partial charge in [0.1, 0.15) is 0 Å². The Hall–Kier alpha value is -1.46. The molecule has 0 bridgehead atoms. The van der Waals surface area contributed by atoms with Crippen molar-refractivity contribution >= 4 is 5.97 Å². The van der Waals surface area contributed by atoms with Crippen LogP contribution in [0.3, 0.4) is 0 Å². The van der Waals surface area contributed by atoms with Crippen LogP contribution in [0.1, 0.15) is 63.1 Å². The number of carboxylic acids is 1. The lowest BCUT2D eigenvalue weighted by atomic mass is 9.68. The van der Waals surface area contributed by atoms with Gasteiger partial charge >= 0.3 is 5.97 Å². The van der Waals surface area contributed by atoms with Gasteiger partial charge in [-0.3, -0.25) is 4.79 Å². The first kappa shape index (κ1) is 12.6. The fourth-order valence-electron chi connectivity index (χ4n) is 3.31. The van der Waals surface area contributed by atoms with Crippen LogP contribution < -0.4 is 0 Å². The summed E-state index contributed by atoms with van der Waals surface area (Å²) in [4.78, 5) is 11.4. The molecule has 0 aromatic carbocycles. The van der Waals surface area contributed by atoms with Crippen molar-refractivity contribution in [1.82, 2.24) is 20.2 Å². The van der Waals surface area contributed by atoms with E-state index in [0.717, 1.165) is 37.9 Å². The Morgan fingerprint density at radius 3 is 2.58 bits per heavy atom. The Labute approximate surface area is 112 Å². The number of hydrogen-bond donors (Lipinski definition) is 1. The summed E-state index contributed by atoms with van der Waals surface area (Å²) in [5.41, 5.74) is -0.626. The van der Waals surface area contributed by atoms with Gasteiger partial charge < -0.3 is 5.11 Å². The SMILES string of the molecule is O=C(O)C1(Cn2nnnc2C2CCCCC2)CCC1. The van der Waals surface area contributed by atoms with Crippen LogP contribution in [-0.4, -0.2) is 31.3 Å². The third-order valence-electron chi connectivity index (χ3n) is 4.75. The summed E-state index contributed by atoms with van der Waals surface area (Å²) in [6.07, 6.45) is 8.47. The van der Waals surface area contributed by atoms with Crippen LogP contribution in [0.25, 0.3) is 0 Å². The van der Waals surface area contributed by atoms with Crippen molar-refractivity contribution in [3.63, 3.8) is 0 Å². The zero-order valence-corrected chi connectivity index (χ0v) is 11.1. The average molecular weight is 264 g/mol. The molecule has 19 heavy (non-hydrogen) atoms. The molecule has 3 rings (SSSR count). The predicted octanol–water partition coefficient (Wildman–Crippen LogP) is 1.98. The van der Waals surface area contributed by atoms with Crippen molar-refractivity contribution in [2.75, 3.05) is 0 Å². The Balaban J connectivity index is 1.78. The third-order valence-corrected chi connectivity index (χ3v) is 4.75. The second-order valence-electron chi connectivity index (χ2n) is 5.97. The molecule has 0 unspecified atom stereocenters. The van der Waals surface area contributed by atoms with E-state index < -0.39 is 11.4 Å². The van der Waals surface area contributed by atoms with Gasteiger partial charge in [0, 0.05) is 5.92 Å². The normalized spacial score (nSPS) is 22.9. The molecule has 1 heterocycles. The highest BCUT2D eigenvalue weighted by Crippen LogP contribution is 2.43. The van der Waals surface area contributed by atoms with E-state index in [1.807, 2.05) is 0 Å². The second kappa shape index (κ2) is 4.90. The number of hydrogen-bond acceptors (Lipinski definition) is 4. The average Bonchev–Trinajstić information content (AvgIpc) is 2.82. The largest absolute Gasteiger partial charge is 0.481 e. The fraction of sp³-hybridized carbons (Fsp3) is 0.846. The van der Waals surface area contributed by atoms with Crippen LogP contribution in [0, 0.1) is 5.41 Å². The summed E-state index contributed by atoms with van der Waals surface area (Å²) in [5, 5.41) is 21.4. The lowest BCUT2D eigenvalue weighted by Gasteiger charge is -2.37. The van der Waals surface area contributed by atoms with E-state index in [4.69, 9.17) is 0 Å². The molecule has 2 aliphatic rings. The molecule has 104 valence electrons. The Bertz CT molecular complexity index is 461. The van der Waals surface area contributed by atoms with Crippen LogP contribution in [0.2, 0.25) is 0 Å². The molecule has 2 aliphatic carbocycles. The highest BCUT2D eigenvalue weighted by molar-refractivity contribution is 5.75. The van der Waals surface area contributed by atoms with E-state index in [-0.39, 0.29) is 0 Å².